The smallest absolute Gasteiger partial charge is 0.0337 e. The second kappa shape index (κ2) is 4.04. The molecule has 1 aliphatic heterocycles. The molecular weight excluding hydrogens is 170 g/mol. The highest BCUT2D eigenvalue weighted by molar-refractivity contribution is 5.38. The van der Waals surface area contributed by atoms with E-state index in [2.05, 4.69) is 58.2 Å². The molecule has 1 nitrogen and oxygen atoms in total. The minimum atomic E-state index is 0.487. The van der Waals surface area contributed by atoms with Crippen LogP contribution in [0.2, 0.25) is 0 Å². The molecular formula is C13H21N. The molecule has 0 fully saturated rings. The Balaban J connectivity index is 3.08. The third-order valence-corrected chi connectivity index (χ3v) is 2.68. The topological polar surface area (TPSA) is 3.24 Å². The molecule has 0 aliphatic carbocycles. The highest BCUT2D eigenvalue weighted by atomic mass is 15.2. The summed E-state index contributed by atoms with van der Waals surface area (Å²) in [5, 5.41) is 0. The Morgan fingerprint density at radius 1 is 1.14 bits per heavy atom. The summed E-state index contributed by atoms with van der Waals surface area (Å²) < 4.78 is 0. The fourth-order valence-electron chi connectivity index (χ4n) is 2.07. The van der Waals surface area contributed by atoms with Crippen molar-refractivity contribution in [1.29, 1.82) is 0 Å². The van der Waals surface area contributed by atoms with Gasteiger partial charge in [-0.1, -0.05) is 26.5 Å². The SMILES string of the molecule is C=C1C=CC(C(C)C)=C(C)N1C(C)C. The maximum absolute atomic E-state index is 4.07. The molecule has 0 spiro atoms. The maximum atomic E-state index is 4.07. The van der Waals surface area contributed by atoms with Gasteiger partial charge in [0.15, 0.2) is 0 Å². The summed E-state index contributed by atoms with van der Waals surface area (Å²) in [5.74, 6) is 0.584. The van der Waals surface area contributed by atoms with Crippen molar-refractivity contribution in [3.8, 4) is 0 Å². The highest BCUT2D eigenvalue weighted by Crippen LogP contribution is 2.28. The first-order chi connectivity index (χ1) is 6.45. The molecule has 0 saturated carbocycles. The lowest BCUT2D eigenvalue weighted by Gasteiger charge is -2.35. The van der Waals surface area contributed by atoms with E-state index in [1.165, 1.54) is 11.3 Å². The second-order valence-corrected chi connectivity index (χ2v) is 4.48. The molecule has 0 aromatic carbocycles. The van der Waals surface area contributed by atoms with Gasteiger partial charge in [0.1, 0.15) is 0 Å². The Kier molecular flexibility index (Phi) is 3.20. The predicted octanol–water partition coefficient (Wildman–Crippen LogP) is 3.71. The molecule has 0 amide bonds. The molecule has 1 heteroatoms. The van der Waals surface area contributed by atoms with Crippen molar-refractivity contribution in [1.82, 2.24) is 4.90 Å². The van der Waals surface area contributed by atoms with E-state index in [4.69, 9.17) is 0 Å². The summed E-state index contributed by atoms with van der Waals surface area (Å²) in [6.45, 7) is 15.1. The molecule has 14 heavy (non-hydrogen) atoms. The van der Waals surface area contributed by atoms with E-state index < -0.39 is 0 Å². The van der Waals surface area contributed by atoms with Crippen LogP contribution in [0.1, 0.15) is 34.6 Å². The van der Waals surface area contributed by atoms with Gasteiger partial charge in [0.05, 0.1) is 0 Å². The van der Waals surface area contributed by atoms with Crippen molar-refractivity contribution in [2.75, 3.05) is 0 Å². The fourth-order valence-corrected chi connectivity index (χ4v) is 2.07. The maximum Gasteiger partial charge on any atom is 0.0337 e. The average Bonchev–Trinajstić information content (AvgIpc) is 2.02. The molecule has 0 atom stereocenters. The van der Waals surface area contributed by atoms with Gasteiger partial charge in [-0.25, -0.2) is 0 Å². The van der Waals surface area contributed by atoms with Crippen LogP contribution in [0, 0.1) is 5.92 Å². The van der Waals surface area contributed by atoms with Gasteiger partial charge in [0.2, 0.25) is 0 Å². The van der Waals surface area contributed by atoms with E-state index in [0.717, 1.165) is 5.70 Å². The van der Waals surface area contributed by atoms with Gasteiger partial charge in [-0.05, 0) is 38.3 Å². The normalized spacial score (nSPS) is 17.6. The lowest BCUT2D eigenvalue weighted by Crippen LogP contribution is -2.30. The summed E-state index contributed by atoms with van der Waals surface area (Å²) in [5.41, 5.74) is 3.87. The molecule has 0 saturated heterocycles. The van der Waals surface area contributed by atoms with Crippen LogP contribution in [0.3, 0.4) is 0 Å². The monoisotopic (exact) mass is 191 g/mol. The van der Waals surface area contributed by atoms with Crippen LogP contribution in [-0.4, -0.2) is 10.9 Å². The Morgan fingerprint density at radius 3 is 2.14 bits per heavy atom. The van der Waals surface area contributed by atoms with Crippen LogP contribution in [-0.2, 0) is 0 Å². The van der Waals surface area contributed by atoms with E-state index in [1.807, 2.05) is 0 Å². The molecule has 1 rings (SSSR count). The molecule has 0 radical (unpaired) electrons. The third kappa shape index (κ3) is 1.92. The van der Waals surface area contributed by atoms with Crippen LogP contribution < -0.4 is 0 Å². The summed E-state index contributed by atoms with van der Waals surface area (Å²) in [6.07, 6.45) is 4.31. The second-order valence-electron chi connectivity index (χ2n) is 4.48. The largest absolute Gasteiger partial charge is 0.343 e. The summed E-state index contributed by atoms with van der Waals surface area (Å²) in [4.78, 5) is 2.30. The standard InChI is InChI=1S/C13H21N/c1-9(2)13-8-7-11(5)14(10(3)4)12(13)6/h7-10H,5H2,1-4,6H3. The van der Waals surface area contributed by atoms with Gasteiger partial charge in [-0.15, -0.1) is 0 Å². The summed E-state index contributed by atoms with van der Waals surface area (Å²) in [7, 11) is 0. The van der Waals surface area contributed by atoms with Gasteiger partial charge in [-0.3, -0.25) is 0 Å². The van der Waals surface area contributed by atoms with Gasteiger partial charge in [0, 0.05) is 17.4 Å². The van der Waals surface area contributed by atoms with Crippen LogP contribution in [0.15, 0.2) is 35.7 Å². The van der Waals surface area contributed by atoms with Gasteiger partial charge in [0.25, 0.3) is 0 Å². The van der Waals surface area contributed by atoms with Crippen LogP contribution in [0.4, 0.5) is 0 Å². The van der Waals surface area contributed by atoms with Gasteiger partial charge < -0.3 is 4.90 Å². The van der Waals surface area contributed by atoms with Crippen molar-refractivity contribution in [2.24, 2.45) is 5.92 Å². The van der Waals surface area contributed by atoms with E-state index >= 15 is 0 Å². The summed E-state index contributed by atoms with van der Waals surface area (Å²) >= 11 is 0. The molecule has 1 heterocycles. The Hall–Kier alpha value is -0.980. The minimum Gasteiger partial charge on any atom is -0.343 e. The zero-order valence-corrected chi connectivity index (χ0v) is 9.96. The van der Waals surface area contributed by atoms with Crippen molar-refractivity contribution in [3.63, 3.8) is 0 Å². The predicted molar refractivity (Wildman–Crippen MR) is 62.8 cm³/mol. The lowest BCUT2D eigenvalue weighted by atomic mass is 9.96. The number of allylic oxidation sites excluding steroid dienone is 4. The highest BCUT2D eigenvalue weighted by Gasteiger charge is 2.19. The van der Waals surface area contributed by atoms with Crippen LogP contribution >= 0.6 is 0 Å². The van der Waals surface area contributed by atoms with Crippen molar-refractivity contribution < 1.29 is 0 Å². The third-order valence-electron chi connectivity index (χ3n) is 2.68. The molecule has 0 bridgehead atoms. The number of hydrogen-bond donors (Lipinski definition) is 0. The molecule has 78 valence electrons. The van der Waals surface area contributed by atoms with Gasteiger partial charge >= 0.3 is 0 Å². The first kappa shape index (κ1) is 11.1. The average molecular weight is 191 g/mol. The Bertz CT molecular complexity index is 292. The van der Waals surface area contributed by atoms with Crippen molar-refractivity contribution in [2.45, 2.75) is 40.7 Å². The minimum absolute atomic E-state index is 0.487. The van der Waals surface area contributed by atoms with Crippen LogP contribution in [0.5, 0.6) is 0 Å². The lowest BCUT2D eigenvalue weighted by molar-refractivity contribution is 0.355. The Labute approximate surface area is 87.8 Å². The number of nitrogens with zero attached hydrogens (tertiary/aromatic N) is 1. The molecule has 0 aromatic heterocycles. The quantitative estimate of drug-likeness (QED) is 0.643. The van der Waals surface area contributed by atoms with E-state index in [0.29, 0.717) is 12.0 Å². The number of hydrogen-bond acceptors (Lipinski definition) is 1. The first-order valence-electron chi connectivity index (χ1n) is 5.32. The molecule has 0 N–H and O–H groups in total. The molecule has 0 unspecified atom stereocenters. The zero-order valence-electron chi connectivity index (χ0n) is 9.96. The van der Waals surface area contributed by atoms with E-state index in [9.17, 15) is 0 Å². The molecule has 1 aliphatic rings. The fraction of sp³-hybridized carbons (Fsp3) is 0.538. The van der Waals surface area contributed by atoms with Crippen molar-refractivity contribution in [3.05, 3.63) is 35.7 Å². The Morgan fingerprint density at radius 2 is 1.71 bits per heavy atom. The summed E-state index contributed by atoms with van der Waals surface area (Å²) in [6, 6.07) is 0.487. The molecule has 0 aromatic rings. The zero-order chi connectivity index (χ0) is 10.9. The number of rotatable bonds is 2. The first-order valence-corrected chi connectivity index (χ1v) is 5.32. The van der Waals surface area contributed by atoms with Crippen molar-refractivity contribution >= 4 is 0 Å². The van der Waals surface area contributed by atoms with Gasteiger partial charge in [-0.2, -0.15) is 0 Å². The van der Waals surface area contributed by atoms with E-state index in [-0.39, 0.29) is 0 Å². The van der Waals surface area contributed by atoms with E-state index in [1.54, 1.807) is 0 Å². The van der Waals surface area contributed by atoms with Crippen LogP contribution in [0.25, 0.3) is 0 Å².